The minimum absolute atomic E-state index is 0.271. The molecule has 5 heteroatoms. The monoisotopic (exact) mass is 308 g/mol. The number of hydrogen-bond acceptors (Lipinski definition) is 5. The third-order valence-corrected chi connectivity index (χ3v) is 4.25. The van der Waals surface area contributed by atoms with Crippen molar-refractivity contribution in [2.75, 3.05) is 39.0 Å². The number of pyridine rings is 1. The molecular weight excluding hydrogens is 280 g/mol. The highest BCUT2D eigenvalue weighted by atomic mass is 16.7. The van der Waals surface area contributed by atoms with Crippen LogP contribution in [0.3, 0.4) is 0 Å². The number of hydrogen-bond donors (Lipinski definition) is 0. The second-order valence-corrected chi connectivity index (χ2v) is 5.76. The predicted octanol–water partition coefficient (Wildman–Crippen LogP) is 3.23. The fourth-order valence-electron chi connectivity index (χ4n) is 3.11. The van der Waals surface area contributed by atoms with Crippen molar-refractivity contribution in [3.05, 3.63) is 17.8 Å². The minimum Gasteiger partial charge on any atom is -0.481 e. The highest BCUT2D eigenvalue weighted by Crippen LogP contribution is 2.29. The summed E-state index contributed by atoms with van der Waals surface area (Å²) in [7, 11) is 3.26. The predicted molar refractivity (Wildman–Crippen MR) is 87.3 cm³/mol. The van der Waals surface area contributed by atoms with Crippen LogP contribution in [0.1, 0.15) is 38.3 Å². The van der Waals surface area contributed by atoms with Crippen molar-refractivity contribution >= 4 is 5.69 Å². The van der Waals surface area contributed by atoms with E-state index >= 15 is 0 Å². The normalized spacial score (nSPS) is 15.2. The van der Waals surface area contributed by atoms with Crippen LogP contribution in [0.2, 0.25) is 0 Å². The summed E-state index contributed by atoms with van der Waals surface area (Å²) in [4.78, 5) is 6.97. The Morgan fingerprint density at radius 2 is 2.00 bits per heavy atom. The number of ether oxygens (including phenoxy) is 3. The lowest BCUT2D eigenvalue weighted by Gasteiger charge is -2.28. The number of anilines is 1. The van der Waals surface area contributed by atoms with Gasteiger partial charge in [0.2, 0.25) is 5.88 Å². The number of methoxy groups -OCH3 is 2. The first-order valence-corrected chi connectivity index (χ1v) is 8.14. The van der Waals surface area contributed by atoms with Gasteiger partial charge in [-0.05, 0) is 31.7 Å². The lowest BCUT2D eigenvalue weighted by molar-refractivity contribution is -0.0400. The molecule has 0 N–H and O–H groups in total. The van der Waals surface area contributed by atoms with E-state index in [4.69, 9.17) is 14.2 Å². The highest BCUT2D eigenvalue weighted by Gasteiger charge is 2.20. The average Bonchev–Trinajstić information content (AvgIpc) is 3.06. The SMILES string of the molecule is CCN(CC1CCCC1)c1ccc(OC)nc1COCOC. The van der Waals surface area contributed by atoms with Gasteiger partial charge in [-0.25, -0.2) is 4.98 Å². The van der Waals surface area contributed by atoms with E-state index < -0.39 is 0 Å². The third-order valence-electron chi connectivity index (χ3n) is 4.25. The zero-order chi connectivity index (χ0) is 15.8. The van der Waals surface area contributed by atoms with Gasteiger partial charge in [-0.3, -0.25) is 0 Å². The Labute approximate surface area is 133 Å². The molecule has 5 nitrogen and oxygen atoms in total. The molecule has 0 amide bonds. The fraction of sp³-hybridized carbons (Fsp3) is 0.706. The molecule has 1 aliphatic carbocycles. The molecule has 0 bridgehead atoms. The first-order valence-electron chi connectivity index (χ1n) is 8.14. The Kier molecular flexibility index (Phi) is 6.93. The molecule has 1 fully saturated rings. The Morgan fingerprint density at radius 1 is 1.23 bits per heavy atom. The van der Waals surface area contributed by atoms with Crippen LogP contribution in [-0.2, 0) is 16.1 Å². The maximum atomic E-state index is 5.51. The van der Waals surface area contributed by atoms with Crippen LogP contribution < -0.4 is 9.64 Å². The average molecular weight is 308 g/mol. The van der Waals surface area contributed by atoms with Crippen molar-refractivity contribution in [2.45, 2.75) is 39.2 Å². The molecule has 0 aliphatic heterocycles. The molecule has 1 aromatic heterocycles. The molecule has 0 radical (unpaired) electrons. The van der Waals surface area contributed by atoms with E-state index in [0.717, 1.165) is 30.4 Å². The summed E-state index contributed by atoms with van der Waals surface area (Å²) in [5.74, 6) is 1.42. The van der Waals surface area contributed by atoms with E-state index in [9.17, 15) is 0 Å². The molecule has 0 aromatic carbocycles. The summed E-state index contributed by atoms with van der Waals surface area (Å²) in [6, 6.07) is 4.02. The number of rotatable bonds is 9. The molecular formula is C17H28N2O3. The van der Waals surface area contributed by atoms with Gasteiger partial charge < -0.3 is 19.1 Å². The second-order valence-electron chi connectivity index (χ2n) is 5.76. The molecule has 124 valence electrons. The maximum absolute atomic E-state index is 5.51. The first kappa shape index (κ1) is 17.0. The van der Waals surface area contributed by atoms with E-state index in [-0.39, 0.29) is 6.79 Å². The molecule has 1 saturated carbocycles. The third kappa shape index (κ3) is 4.58. The second kappa shape index (κ2) is 8.96. The van der Waals surface area contributed by atoms with Crippen molar-refractivity contribution in [2.24, 2.45) is 5.92 Å². The molecule has 0 unspecified atom stereocenters. The Bertz CT molecular complexity index is 448. The van der Waals surface area contributed by atoms with Crippen molar-refractivity contribution in [3.8, 4) is 5.88 Å². The van der Waals surface area contributed by atoms with Gasteiger partial charge in [-0.2, -0.15) is 0 Å². The largest absolute Gasteiger partial charge is 0.481 e. The molecule has 22 heavy (non-hydrogen) atoms. The summed E-state index contributed by atoms with van der Waals surface area (Å²) in [6.07, 6.45) is 5.42. The van der Waals surface area contributed by atoms with Crippen LogP contribution in [0.15, 0.2) is 12.1 Å². The van der Waals surface area contributed by atoms with Gasteiger partial charge in [0.15, 0.2) is 0 Å². The van der Waals surface area contributed by atoms with Gasteiger partial charge in [0.05, 0.1) is 25.1 Å². The summed E-state index contributed by atoms with van der Waals surface area (Å²) in [6.45, 7) is 4.97. The van der Waals surface area contributed by atoms with Gasteiger partial charge in [0, 0.05) is 26.3 Å². The van der Waals surface area contributed by atoms with Crippen molar-refractivity contribution in [3.63, 3.8) is 0 Å². The van der Waals surface area contributed by atoms with Gasteiger partial charge in [0.25, 0.3) is 0 Å². The number of nitrogens with zero attached hydrogens (tertiary/aromatic N) is 2. The van der Waals surface area contributed by atoms with Crippen LogP contribution in [0.5, 0.6) is 5.88 Å². The first-order chi connectivity index (χ1) is 10.8. The summed E-state index contributed by atoms with van der Waals surface area (Å²) in [5.41, 5.74) is 2.06. The van der Waals surface area contributed by atoms with E-state index in [2.05, 4.69) is 22.9 Å². The molecule has 1 aliphatic rings. The van der Waals surface area contributed by atoms with Crippen LogP contribution >= 0.6 is 0 Å². The molecule has 0 spiro atoms. The Morgan fingerprint density at radius 3 is 2.64 bits per heavy atom. The zero-order valence-electron chi connectivity index (χ0n) is 14.0. The molecule has 1 heterocycles. The van der Waals surface area contributed by atoms with E-state index in [0.29, 0.717) is 12.5 Å². The quantitative estimate of drug-likeness (QED) is 0.517. The van der Waals surface area contributed by atoms with Crippen LogP contribution in [0.25, 0.3) is 0 Å². The van der Waals surface area contributed by atoms with Crippen molar-refractivity contribution < 1.29 is 14.2 Å². The fourth-order valence-corrected chi connectivity index (χ4v) is 3.11. The highest BCUT2D eigenvalue weighted by molar-refractivity contribution is 5.52. The molecule has 0 saturated heterocycles. The summed E-state index contributed by atoms with van der Waals surface area (Å²) < 4.78 is 15.7. The molecule has 2 rings (SSSR count). The van der Waals surface area contributed by atoms with Crippen LogP contribution in [-0.4, -0.2) is 39.1 Å². The van der Waals surface area contributed by atoms with Gasteiger partial charge in [0.1, 0.15) is 6.79 Å². The smallest absolute Gasteiger partial charge is 0.213 e. The van der Waals surface area contributed by atoms with Gasteiger partial charge in [-0.15, -0.1) is 0 Å². The standard InChI is InChI=1S/C17H28N2O3/c1-4-19(11-14-7-5-6-8-14)16-9-10-17(21-3)18-15(16)12-22-13-20-2/h9-10,14H,4-8,11-13H2,1-3H3. The zero-order valence-corrected chi connectivity index (χ0v) is 14.0. The molecule has 0 atom stereocenters. The maximum Gasteiger partial charge on any atom is 0.213 e. The van der Waals surface area contributed by atoms with Gasteiger partial charge >= 0.3 is 0 Å². The topological polar surface area (TPSA) is 43.8 Å². The summed E-state index contributed by atoms with van der Waals surface area (Å²) in [5, 5.41) is 0. The van der Waals surface area contributed by atoms with Crippen molar-refractivity contribution in [1.29, 1.82) is 0 Å². The van der Waals surface area contributed by atoms with E-state index in [1.165, 1.54) is 25.7 Å². The lowest BCUT2D eigenvalue weighted by Crippen LogP contribution is -2.29. The lowest BCUT2D eigenvalue weighted by atomic mass is 10.1. The van der Waals surface area contributed by atoms with Crippen LogP contribution in [0.4, 0.5) is 5.69 Å². The van der Waals surface area contributed by atoms with Crippen molar-refractivity contribution in [1.82, 2.24) is 4.98 Å². The minimum atomic E-state index is 0.271. The number of aromatic nitrogens is 1. The van der Waals surface area contributed by atoms with E-state index in [1.54, 1.807) is 14.2 Å². The summed E-state index contributed by atoms with van der Waals surface area (Å²) >= 11 is 0. The van der Waals surface area contributed by atoms with Gasteiger partial charge in [-0.1, -0.05) is 12.8 Å². The molecule has 1 aromatic rings. The van der Waals surface area contributed by atoms with Crippen LogP contribution in [0, 0.1) is 5.92 Å². The van der Waals surface area contributed by atoms with E-state index in [1.807, 2.05) is 6.07 Å². The Balaban J connectivity index is 2.13. The Hall–Kier alpha value is -1.33.